The number of nitrogens with one attached hydrogen (secondary N) is 1. The third-order valence-corrected chi connectivity index (χ3v) is 5.80. The lowest BCUT2D eigenvalue weighted by molar-refractivity contribution is -0.118. The molecule has 2 aromatic carbocycles. The zero-order chi connectivity index (χ0) is 22.8. The Kier molecular flexibility index (Phi) is 5.52. The van der Waals surface area contributed by atoms with E-state index in [9.17, 15) is 9.59 Å². The SMILES string of the molecule is CC(=O)C1CCC(c2cccnc2Oc2ccc(C(=O)c3nc4ccccc4[nH]3)cc2)C=N1. The summed E-state index contributed by atoms with van der Waals surface area (Å²) in [6.07, 6.45) is 5.02. The molecule has 33 heavy (non-hydrogen) atoms. The number of nitrogens with zero attached hydrogens (tertiary/aromatic N) is 3. The monoisotopic (exact) mass is 438 g/mol. The maximum Gasteiger partial charge on any atom is 0.228 e. The molecule has 7 heteroatoms. The quantitative estimate of drug-likeness (QED) is 0.433. The van der Waals surface area contributed by atoms with E-state index in [1.165, 1.54) is 0 Å². The third kappa shape index (κ3) is 4.30. The average molecular weight is 438 g/mol. The maximum absolute atomic E-state index is 12.8. The van der Waals surface area contributed by atoms with Gasteiger partial charge in [-0.05, 0) is 62.2 Å². The van der Waals surface area contributed by atoms with Crippen LogP contribution in [0.5, 0.6) is 11.6 Å². The summed E-state index contributed by atoms with van der Waals surface area (Å²) in [7, 11) is 0. The zero-order valence-corrected chi connectivity index (χ0v) is 18.1. The van der Waals surface area contributed by atoms with E-state index in [0.29, 0.717) is 29.4 Å². The van der Waals surface area contributed by atoms with Crippen molar-refractivity contribution in [1.82, 2.24) is 15.0 Å². The number of ketones is 2. The molecule has 2 unspecified atom stereocenters. The number of H-pyrrole nitrogens is 1. The highest BCUT2D eigenvalue weighted by Crippen LogP contribution is 2.33. The van der Waals surface area contributed by atoms with Gasteiger partial charge in [0.15, 0.2) is 11.6 Å². The predicted molar refractivity (Wildman–Crippen MR) is 125 cm³/mol. The summed E-state index contributed by atoms with van der Waals surface area (Å²) in [5.41, 5.74) is 3.01. The van der Waals surface area contributed by atoms with Crippen molar-refractivity contribution < 1.29 is 14.3 Å². The number of hydrogen-bond donors (Lipinski definition) is 1. The number of aliphatic imine (C=N–C) groups is 1. The van der Waals surface area contributed by atoms with Gasteiger partial charge < -0.3 is 9.72 Å². The number of hydrogen-bond acceptors (Lipinski definition) is 6. The second-order valence-corrected chi connectivity index (χ2v) is 8.06. The van der Waals surface area contributed by atoms with E-state index in [1.807, 2.05) is 42.6 Å². The normalized spacial score (nSPS) is 17.7. The average Bonchev–Trinajstić information content (AvgIpc) is 3.29. The van der Waals surface area contributed by atoms with Gasteiger partial charge in [-0.25, -0.2) is 9.97 Å². The number of carbonyl (C=O) groups excluding carboxylic acids is 2. The Balaban J connectivity index is 1.33. The molecule has 0 amide bonds. The molecule has 0 saturated carbocycles. The number of rotatable bonds is 6. The highest BCUT2D eigenvalue weighted by molar-refractivity contribution is 6.08. The van der Waals surface area contributed by atoms with Crippen LogP contribution in [0.1, 0.15) is 47.4 Å². The van der Waals surface area contributed by atoms with E-state index >= 15 is 0 Å². The molecule has 5 rings (SSSR count). The van der Waals surface area contributed by atoms with Crippen LogP contribution < -0.4 is 4.74 Å². The molecule has 1 aliphatic rings. The molecule has 1 N–H and O–H groups in total. The minimum Gasteiger partial charge on any atom is -0.439 e. The Hall–Kier alpha value is -4.13. The third-order valence-electron chi connectivity index (χ3n) is 5.80. The van der Waals surface area contributed by atoms with E-state index in [2.05, 4.69) is 19.9 Å². The van der Waals surface area contributed by atoms with Gasteiger partial charge in [0.1, 0.15) is 11.8 Å². The summed E-state index contributed by atoms with van der Waals surface area (Å²) in [5.74, 6) is 1.31. The molecule has 0 bridgehead atoms. The first kappa shape index (κ1) is 20.8. The number of aromatic nitrogens is 3. The van der Waals surface area contributed by atoms with E-state index in [1.54, 1.807) is 37.4 Å². The molecule has 0 fully saturated rings. The number of imidazole rings is 1. The van der Waals surface area contributed by atoms with E-state index in [0.717, 1.165) is 23.0 Å². The van der Waals surface area contributed by atoms with Crippen molar-refractivity contribution in [1.29, 1.82) is 0 Å². The molecule has 2 aromatic heterocycles. The van der Waals surface area contributed by atoms with Crippen LogP contribution in [0.4, 0.5) is 0 Å². The van der Waals surface area contributed by atoms with Crippen molar-refractivity contribution in [2.24, 2.45) is 4.99 Å². The van der Waals surface area contributed by atoms with E-state index in [-0.39, 0.29) is 23.5 Å². The van der Waals surface area contributed by atoms with Gasteiger partial charge in [0.25, 0.3) is 0 Å². The summed E-state index contributed by atoms with van der Waals surface area (Å²) in [6, 6.07) is 18.0. The van der Waals surface area contributed by atoms with Gasteiger partial charge in [-0.1, -0.05) is 18.2 Å². The van der Waals surface area contributed by atoms with Crippen LogP contribution in [0.25, 0.3) is 11.0 Å². The summed E-state index contributed by atoms with van der Waals surface area (Å²) < 4.78 is 6.05. The summed E-state index contributed by atoms with van der Waals surface area (Å²) >= 11 is 0. The van der Waals surface area contributed by atoms with Crippen molar-refractivity contribution in [2.45, 2.75) is 31.7 Å². The highest BCUT2D eigenvalue weighted by atomic mass is 16.5. The minimum absolute atomic E-state index is 0.0400. The molecule has 0 aliphatic carbocycles. The van der Waals surface area contributed by atoms with Crippen LogP contribution in [0.15, 0.2) is 71.9 Å². The molecule has 164 valence electrons. The van der Waals surface area contributed by atoms with Gasteiger partial charge >= 0.3 is 0 Å². The molecule has 0 saturated heterocycles. The fraction of sp³-hybridized carbons (Fsp3) is 0.192. The lowest BCUT2D eigenvalue weighted by atomic mass is 9.90. The Labute approximate surface area is 190 Å². The Bertz CT molecular complexity index is 1320. The maximum atomic E-state index is 12.8. The Morgan fingerprint density at radius 2 is 1.82 bits per heavy atom. The van der Waals surface area contributed by atoms with Crippen LogP contribution in [0, 0.1) is 0 Å². The predicted octanol–water partition coefficient (Wildman–Crippen LogP) is 4.89. The van der Waals surface area contributed by atoms with Crippen LogP contribution in [-0.2, 0) is 4.79 Å². The first-order chi connectivity index (χ1) is 16.1. The number of pyridine rings is 1. The molecule has 1 aliphatic heterocycles. The fourth-order valence-corrected chi connectivity index (χ4v) is 3.99. The molecular formula is C26H22N4O3. The van der Waals surface area contributed by atoms with Crippen LogP contribution >= 0.6 is 0 Å². The standard InChI is InChI=1S/C26H22N4O3/c1-16(31)21-13-10-18(15-28-21)20-5-4-14-27-26(20)33-19-11-8-17(9-12-19)24(32)25-29-22-6-2-3-7-23(22)30-25/h2-9,11-12,14-15,18,21H,10,13H2,1H3,(H,29,30). The van der Waals surface area contributed by atoms with Gasteiger partial charge in [0.2, 0.25) is 11.7 Å². The van der Waals surface area contributed by atoms with Crippen molar-refractivity contribution >= 4 is 28.8 Å². The van der Waals surface area contributed by atoms with Crippen molar-refractivity contribution in [3.63, 3.8) is 0 Å². The lowest BCUT2D eigenvalue weighted by Gasteiger charge is -2.22. The topological polar surface area (TPSA) is 97.3 Å². The number of carbonyl (C=O) groups is 2. The Morgan fingerprint density at radius 3 is 2.55 bits per heavy atom. The summed E-state index contributed by atoms with van der Waals surface area (Å²) in [5, 5.41) is 0. The molecule has 7 nitrogen and oxygen atoms in total. The molecule has 0 radical (unpaired) electrons. The number of para-hydroxylation sites is 2. The van der Waals surface area contributed by atoms with Gasteiger partial charge in [-0.2, -0.15) is 0 Å². The molecule has 4 aromatic rings. The minimum atomic E-state index is -0.251. The fourth-order valence-electron chi connectivity index (χ4n) is 3.99. The van der Waals surface area contributed by atoms with Crippen LogP contribution in [-0.4, -0.2) is 38.8 Å². The van der Waals surface area contributed by atoms with E-state index in [4.69, 9.17) is 4.74 Å². The second kappa shape index (κ2) is 8.78. The van der Waals surface area contributed by atoms with Gasteiger partial charge in [-0.15, -0.1) is 0 Å². The number of benzene rings is 2. The number of ether oxygens (including phenoxy) is 1. The molecular weight excluding hydrogens is 416 g/mol. The van der Waals surface area contributed by atoms with Crippen molar-refractivity contribution in [3.05, 3.63) is 83.8 Å². The van der Waals surface area contributed by atoms with Crippen LogP contribution in [0.3, 0.4) is 0 Å². The summed E-state index contributed by atoms with van der Waals surface area (Å²) in [6.45, 7) is 1.57. The zero-order valence-electron chi connectivity index (χ0n) is 18.1. The summed E-state index contributed by atoms with van der Waals surface area (Å²) in [4.78, 5) is 40.7. The number of aromatic amines is 1. The van der Waals surface area contributed by atoms with Gasteiger partial charge in [0, 0.05) is 29.5 Å². The number of fused-ring (bicyclic) bond motifs is 1. The number of Topliss-reactive ketones (excluding diaryl/α,β-unsaturated/α-hetero) is 1. The Morgan fingerprint density at radius 1 is 1.00 bits per heavy atom. The van der Waals surface area contributed by atoms with E-state index < -0.39 is 0 Å². The van der Waals surface area contributed by atoms with Gasteiger partial charge in [0.05, 0.1) is 11.0 Å². The molecule has 0 spiro atoms. The highest BCUT2D eigenvalue weighted by Gasteiger charge is 2.24. The lowest BCUT2D eigenvalue weighted by Crippen LogP contribution is -2.22. The van der Waals surface area contributed by atoms with Gasteiger partial charge in [-0.3, -0.25) is 14.6 Å². The van der Waals surface area contributed by atoms with Crippen molar-refractivity contribution in [3.8, 4) is 11.6 Å². The second-order valence-electron chi connectivity index (χ2n) is 8.06. The largest absolute Gasteiger partial charge is 0.439 e. The molecule has 3 heterocycles. The first-order valence-electron chi connectivity index (χ1n) is 10.8. The first-order valence-corrected chi connectivity index (χ1v) is 10.8. The molecule has 2 atom stereocenters. The van der Waals surface area contributed by atoms with Crippen molar-refractivity contribution in [2.75, 3.05) is 0 Å². The smallest absolute Gasteiger partial charge is 0.228 e. The van der Waals surface area contributed by atoms with Crippen LogP contribution in [0.2, 0.25) is 0 Å².